The van der Waals surface area contributed by atoms with Crippen molar-refractivity contribution in [3.8, 4) is 0 Å². The lowest BCUT2D eigenvalue weighted by Gasteiger charge is -2.33. The van der Waals surface area contributed by atoms with Gasteiger partial charge in [0.05, 0.1) is 0 Å². The first-order chi connectivity index (χ1) is 12.5. The first-order valence-electron chi connectivity index (χ1n) is 9.08. The van der Waals surface area contributed by atoms with Crippen LogP contribution in [0.15, 0.2) is 22.6 Å². The minimum absolute atomic E-state index is 0.511. The van der Waals surface area contributed by atoms with E-state index in [0.717, 1.165) is 60.6 Å². The SMILES string of the molecule is CC(C)CNc1nc(N2CCN(C)CC2)c2oc3ccc(Cl)cc3c2n1. The average Bonchev–Trinajstić information content (AvgIpc) is 2.98. The molecule has 1 N–H and O–H groups in total. The van der Waals surface area contributed by atoms with Crippen LogP contribution in [0.2, 0.25) is 5.02 Å². The molecular formula is C19H24ClN5O. The summed E-state index contributed by atoms with van der Waals surface area (Å²) >= 11 is 6.21. The predicted octanol–water partition coefficient (Wildman–Crippen LogP) is 3.85. The summed E-state index contributed by atoms with van der Waals surface area (Å²) in [7, 11) is 2.14. The summed E-state index contributed by atoms with van der Waals surface area (Å²) in [5.41, 5.74) is 2.34. The largest absolute Gasteiger partial charge is 0.450 e. The van der Waals surface area contributed by atoms with Crippen molar-refractivity contribution in [1.82, 2.24) is 14.9 Å². The Labute approximate surface area is 158 Å². The first-order valence-corrected chi connectivity index (χ1v) is 9.46. The third-order valence-corrected chi connectivity index (χ3v) is 4.96. The van der Waals surface area contributed by atoms with Crippen molar-refractivity contribution >= 4 is 45.4 Å². The van der Waals surface area contributed by atoms with Gasteiger partial charge in [-0.3, -0.25) is 0 Å². The zero-order valence-corrected chi connectivity index (χ0v) is 16.2. The lowest BCUT2D eigenvalue weighted by atomic mass is 10.2. The topological polar surface area (TPSA) is 57.4 Å². The number of aromatic nitrogens is 2. The number of nitrogens with one attached hydrogen (secondary N) is 1. The molecule has 6 nitrogen and oxygen atoms in total. The Morgan fingerprint density at radius 2 is 1.96 bits per heavy atom. The number of hydrogen-bond donors (Lipinski definition) is 1. The lowest BCUT2D eigenvalue weighted by Crippen LogP contribution is -2.45. The van der Waals surface area contributed by atoms with Gasteiger partial charge in [-0.2, -0.15) is 4.98 Å². The third kappa shape index (κ3) is 3.31. The van der Waals surface area contributed by atoms with Crippen LogP contribution in [-0.4, -0.2) is 54.6 Å². The van der Waals surface area contributed by atoms with Gasteiger partial charge in [-0.1, -0.05) is 25.4 Å². The van der Waals surface area contributed by atoms with E-state index in [1.807, 2.05) is 18.2 Å². The summed E-state index contributed by atoms with van der Waals surface area (Å²) in [6, 6.07) is 5.65. The number of halogens is 1. The molecule has 0 bridgehead atoms. The van der Waals surface area contributed by atoms with Crippen LogP contribution in [0, 0.1) is 5.92 Å². The quantitative estimate of drug-likeness (QED) is 0.749. The molecule has 7 heteroatoms. The van der Waals surface area contributed by atoms with Gasteiger partial charge in [-0.25, -0.2) is 4.98 Å². The number of benzene rings is 1. The fourth-order valence-corrected chi connectivity index (χ4v) is 3.38. The molecule has 0 radical (unpaired) electrons. The molecule has 3 heterocycles. The van der Waals surface area contributed by atoms with Crippen molar-refractivity contribution in [1.29, 1.82) is 0 Å². The zero-order valence-electron chi connectivity index (χ0n) is 15.4. The maximum Gasteiger partial charge on any atom is 0.225 e. The second kappa shape index (κ2) is 6.93. The van der Waals surface area contributed by atoms with Gasteiger partial charge in [-0.05, 0) is 31.2 Å². The Kier molecular flexibility index (Phi) is 4.63. The third-order valence-electron chi connectivity index (χ3n) is 4.73. The van der Waals surface area contributed by atoms with E-state index in [1.165, 1.54) is 0 Å². The number of furan rings is 1. The van der Waals surface area contributed by atoms with Crippen molar-refractivity contribution < 1.29 is 4.42 Å². The summed E-state index contributed by atoms with van der Waals surface area (Å²) in [4.78, 5) is 14.1. The Morgan fingerprint density at radius 1 is 1.19 bits per heavy atom. The molecule has 1 fully saturated rings. The van der Waals surface area contributed by atoms with E-state index in [2.05, 4.69) is 36.0 Å². The zero-order chi connectivity index (χ0) is 18.3. The molecule has 1 aromatic carbocycles. The van der Waals surface area contributed by atoms with Gasteiger partial charge in [0, 0.05) is 43.1 Å². The van der Waals surface area contributed by atoms with Crippen LogP contribution >= 0.6 is 11.6 Å². The van der Waals surface area contributed by atoms with Gasteiger partial charge in [0.2, 0.25) is 5.95 Å². The number of fused-ring (bicyclic) bond motifs is 3. The van der Waals surface area contributed by atoms with Crippen molar-refractivity contribution in [2.45, 2.75) is 13.8 Å². The van der Waals surface area contributed by atoms with Crippen molar-refractivity contribution in [2.75, 3.05) is 50.0 Å². The smallest absolute Gasteiger partial charge is 0.225 e. The molecule has 138 valence electrons. The second-order valence-corrected chi connectivity index (χ2v) is 7.79. The molecule has 26 heavy (non-hydrogen) atoms. The summed E-state index contributed by atoms with van der Waals surface area (Å²) in [6.07, 6.45) is 0. The predicted molar refractivity (Wildman–Crippen MR) is 107 cm³/mol. The molecule has 1 aliphatic heterocycles. The maximum atomic E-state index is 6.21. The summed E-state index contributed by atoms with van der Waals surface area (Å²) in [5, 5.41) is 4.97. The molecular weight excluding hydrogens is 350 g/mol. The van der Waals surface area contributed by atoms with Crippen LogP contribution in [0.25, 0.3) is 22.1 Å². The minimum Gasteiger partial charge on any atom is -0.450 e. The highest BCUT2D eigenvalue weighted by Gasteiger charge is 2.23. The van der Waals surface area contributed by atoms with Gasteiger partial charge >= 0.3 is 0 Å². The lowest BCUT2D eigenvalue weighted by molar-refractivity contribution is 0.312. The van der Waals surface area contributed by atoms with Gasteiger partial charge in [0.15, 0.2) is 11.4 Å². The van der Waals surface area contributed by atoms with E-state index in [0.29, 0.717) is 16.9 Å². The van der Waals surface area contributed by atoms with Gasteiger partial charge in [0.25, 0.3) is 0 Å². The van der Waals surface area contributed by atoms with Crippen LogP contribution in [0.4, 0.5) is 11.8 Å². The number of hydrogen-bond acceptors (Lipinski definition) is 6. The van der Waals surface area contributed by atoms with Crippen LogP contribution in [0.5, 0.6) is 0 Å². The molecule has 0 saturated carbocycles. The molecule has 2 aromatic heterocycles. The molecule has 3 aromatic rings. The average molecular weight is 374 g/mol. The Bertz CT molecular complexity index is 930. The maximum absolute atomic E-state index is 6.21. The van der Waals surface area contributed by atoms with E-state index in [1.54, 1.807) is 0 Å². The summed E-state index contributed by atoms with van der Waals surface area (Å²) in [5.74, 6) is 2.02. The Morgan fingerprint density at radius 3 is 2.69 bits per heavy atom. The number of rotatable bonds is 4. The van der Waals surface area contributed by atoms with Crippen LogP contribution in [0.3, 0.4) is 0 Å². The van der Waals surface area contributed by atoms with Crippen LogP contribution in [-0.2, 0) is 0 Å². The molecule has 0 unspecified atom stereocenters. The number of likely N-dealkylation sites (N-methyl/N-ethyl adjacent to an activating group) is 1. The number of nitrogens with zero attached hydrogens (tertiary/aromatic N) is 4. The molecule has 1 aliphatic rings. The fourth-order valence-electron chi connectivity index (χ4n) is 3.21. The van der Waals surface area contributed by atoms with E-state index < -0.39 is 0 Å². The highest BCUT2D eigenvalue weighted by atomic mass is 35.5. The number of anilines is 2. The van der Waals surface area contributed by atoms with Gasteiger partial charge in [0.1, 0.15) is 11.1 Å². The molecule has 0 spiro atoms. The highest BCUT2D eigenvalue weighted by Crippen LogP contribution is 2.35. The molecule has 0 aliphatic carbocycles. The standard InChI is InChI=1S/C19H24ClN5O/c1-12(2)11-21-19-22-16-14-10-13(20)4-5-15(14)26-17(16)18(23-19)25-8-6-24(3)7-9-25/h4-5,10,12H,6-9,11H2,1-3H3,(H,21,22,23). The summed E-state index contributed by atoms with van der Waals surface area (Å²) < 4.78 is 6.13. The van der Waals surface area contributed by atoms with Crippen molar-refractivity contribution in [3.05, 3.63) is 23.2 Å². The Balaban J connectivity index is 1.85. The molecule has 1 saturated heterocycles. The fraction of sp³-hybridized carbons (Fsp3) is 0.474. The van der Waals surface area contributed by atoms with E-state index in [-0.39, 0.29) is 0 Å². The van der Waals surface area contributed by atoms with E-state index in [9.17, 15) is 0 Å². The normalized spacial score (nSPS) is 16.1. The number of piperazine rings is 1. The van der Waals surface area contributed by atoms with Crippen LogP contribution < -0.4 is 10.2 Å². The van der Waals surface area contributed by atoms with Crippen molar-refractivity contribution in [3.63, 3.8) is 0 Å². The second-order valence-electron chi connectivity index (χ2n) is 7.36. The van der Waals surface area contributed by atoms with Gasteiger partial charge in [-0.15, -0.1) is 0 Å². The minimum atomic E-state index is 0.511. The van der Waals surface area contributed by atoms with E-state index in [4.69, 9.17) is 26.0 Å². The van der Waals surface area contributed by atoms with E-state index >= 15 is 0 Å². The molecule has 0 amide bonds. The summed E-state index contributed by atoms with van der Waals surface area (Å²) in [6.45, 7) is 9.01. The van der Waals surface area contributed by atoms with Crippen LogP contribution in [0.1, 0.15) is 13.8 Å². The first kappa shape index (κ1) is 17.4. The van der Waals surface area contributed by atoms with Gasteiger partial charge < -0.3 is 19.5 Å². The molecule has 4 rings (SSSR count). The Hall–Kier alpha value is -2.05. The monoisotopic (exact) mass is 373 g/mol. The highest BCUT2D eigenvalue weighted by molar-refractivity contribution is 6.31. The molecule has 0 atom stereocenters. The van der Waals surface area contributed by atoms with Crippen molar-refractivity contribution in [2.24, 2.45) is 5.92 Å².